The van der Waals surface area contributed by atoms with Crippen LogP contribution in [0.25, 0.3) is 0 Å². The monoisotopic (exact) mass is 412 g/mol. The van der Waals surface area contributed by atoms with E-state index in [0.29, 0.717) is 16.6 Å². The molecule has 0 heterocycles. The van der Waals surface area contributed by atoms with Crippen LogP contribution in [-0.4, -0.2) is 24.8 Å². The van der Waals surface area contributed by atoms with E-state index in [2.05, 4.69) is 11.6 Å². The van der Waals surface area contributed by atoms with Gasteiger partial charge < -0.3 is 14.4 Å². The van der Waals surface area contributed by atoms with E-state index in [9.17, 15) is 9.36 Å². The van der Waals surface area contributed by atoms with E-state index in [1.165, 1.54) is 19.2 Å². The number of carboxylic acid groups (broad SMARTS) is 1. The molecule has 2 aromatic carbocycles. The molecule has 0 radical (unpaired) electrons. The fraction of sp³-hybridized carbons (Fsp3) is 0.167. The molecule has 0 bridgehead atoms. The number of benzene rings is 2. The number of aromatic carboxylic acids is 1. The quantitative estimate of drug-likeness (QED) is 0.571. The van der Waals surface area contributed by atoms with E-state index in [1.807, 2.05) is 0 Å². The van der Waals surface area contributed by atoms with Gasteiger partial charge in [0.25, 0.3) is 0 Å². The van der Waals surface area contributed by atoms with Crippen molar-refractivity contribution >= 4 is 41.8 Å². The van der Waals surface area contributed by atoms with Crippen LogP contribution in [0.1, 0.15) is 22.8 Å². The maximum Gasteiger partial charge on any atom is 0.338 e. The van der Waals surface area contributed by atoms with Crippen molar-refractivity contribution < 1.29 is 23.7 Å². The number of ether oxygens (including phenoxy) is 1. The Balaban J connectivity index is 2.49. The van der Waals surface area contributed by atoms with Crippen LogP contribution in [0.2, 0.25) is 10.0 Å². The first-order valence-electron chi connectivity index (χ1n) is 7.45. The van der Waals surface area contributed by atoms with Crippen molar-refractivity contribution in [3.8, 4) is 17.3 Å². The summed E-state index contributed by atoms with van der Waals surface area (Å²) in [7, 11) is -1.98. The van der Waals surface area contributed by atoms with Gasteiger partial charge in [-0.25, -0.2) is 4.79 Å². The van der Waals surface area contributed by atoms with Gasteiger partial charge in [0, 0.05) is 5.56 Å². The lowest BCUT2D eigenvalue weighted by molar-refractivity contribution is 0.0697. The topological polar surface area (TPSA) is 72.8 Å². The first kappa shape index (κ1) is 20.4. The van der Waals surface area contributed by atoms with Crippen molar-refractivity contribution in [3.05, 3.63) is 57.6 Å². The molecule has 136 valence electrons. The minimum absolute atomic E-state index is 0.0538. The molecule has 1 atom stereocenters. The third kappa shape index (κ3) is 4.60. The number of halogens is 2. The molecule has 5 nitrogen and oxygen atoms in total. The van der Waals surface area contributed by atoms with E-state index in [4.69, 9.17) is 37.6 Å². The summed E-state index contributed by atoms with van der Waals surface area (Å²) in [6, 6.07) is 9.35. The standard InChI is InChI=1S/C18H15Cl2O5P/c1-3-25-26(23,14-6-4-5-13(11-14)24-2)8-7-12-9-15(19)17(18(21)22)16(20)10-12/h4-6,9-11H,3H2,1-2H3,(H,21,22). The molecule has 1 unspecified atom stereocenters. The van der Waals surface area contributed by atoms with Gasteiger partial charge in [0.05, 0.1) is 34.6 Å². The molecule has 0 saturated heterocycles. The zero-order chi connectivity index (χ0) is 19.3. The molecule has 0 saturated carbocycles. The molecule has 0 aliphatic carbocycles. The summed E-state index contributed by atoms with van der Waals surface area (Å²) in [5.74, 6) is 2.00. The van der Waals surface area contributed by atoms with Gasteiger partial charge in [-0.2, -0.15) is 0 Å². The van der Waals surface area contributed by atoms with Crippen molar-refractivity contribution in [2.45, 2.75) is 6.92 Å². The van der Waals surface area contributed by atoms with E-state index < -0.39 is 13.3 Å². The van der Waals surface area contributed by atoms with Crippen LogP contribution in [0.4, 0.5) is 0 Å². The molecule has 0 amide bonds. The minimum Gasteiger partial charge on any atom is -0.497 e. The van der Waals surface area contributed by atoms with Gasteiger partial charge in [0.1, 0.15) is 5.75 Å². The van der Waals surface area contributed by atoms with E-state index >= 15 is 0 Å². The highest BCUT2D eigenvalue weighted by atomic mass is 35.5. The zero-order valence-electron chi connectivity index (χ0n) is 14.0. The number of methoxy groups -OCH3 is 1. The van der Waals surface area contributed by atoms with E-state index in [0.717, 1.165) is 0 Å². The molecule has 8 heteroatoms. The maximum absolute atomic E-state index is 13.2. The van der Waals surface area contributed by atoms with Crippen LogP contribution in [0, 0.1) is 11.6 Å². The molecule has 0 fully saturated rings. The SMILES string of the molecule is CCOP(=O)(C#Cc1cc(Cl)c(C(=O)O)c(Cl)c1)c1cccc(OC)c1. The van der Waals surface area contributed by atoms with Crippen molar-refractivity contribution in [1.82, 2.24) is 0 Å². The summed E-state index contributed by atoms with van der Waals surface area (Å²) >= 11 is 11.9. The number of carboxylic acids is 1. The lowest BCUT2D eigenvalue weighted by Gasteiger charge is -2.12. The lowest BCUT2D eigenvalue weighted by atomic mass is 10.1. The Morgan fingerprint density at radius 1 is 1.23 bits per heavy atom. The lowest BCUT2D eigenvalue weighted by Crippen LogP contribution is -2.06. The Labute approximate surface area is 161 Å². The first-order chi connectivity index (χ1) is 12.3. The number of rotatable bonds is 5. The van der Waals surface area contributed by atoms with Crippen LogP contribution in [-0.2, 0) is 9.09 Å². The Kier molecular flexibility index (Phi) is 6.75. The minimum atomic E-state index is -3.48. The summed E-state index contributed by atoms with van der Waals surface area (Å²) < 4.78 is 23.8. The van der Waals surface area contributed by atoms with Gasteiger partial charge in [0.2, 0.25) is 0 Å². The summed E-state index contributed by atoms with van der Waals surface area (Å²) in [4.78, 5) is 11.1. The van der Waals surface area contributed by atoms with Crippen LogP contribution < -0.4 is 10.0 Å². The molecule has 0 aliphatic rings. The highest BCUT2D eigenvalue weighted by Crippen LogP contribution is 2.45. The van der Waals surface area contributed by atoms with Crippen molar-refractivity contribution in [2.24, 2.45) is 0 Å². The normalized spacial score (nSPS) is 12.6. The molecule has 0 spiro atoms. The van der Waals surface area contributed by atoms with Gasteiger partial charge in [-0.05, 0) is 42.9 Å². The smallest absolute Gasteiger partial charge is 0.338 e. The predicted octanol–water partition coefficient (Wildman–Crippen LogP) is 4.65. The summed E-state index contributed by atoms with van der Waals surface area (Å²) in [5.41, 5.74) is 2.77. The average molecular weight is 413 g/mol. The third-order valence-electron chi connectivity index (χ3n) is 3.31. The van der Waals surface area contributed by atoms with Crippen molar-refractivity contribution in [2.75, 3.05) is 13.7 Å². The fourth-order valence-corrected chi connectivity index (χ4v) is 4.35. The summed E-state index contributed by atoms with van der Waals surface area (Å²) in [5, 5.41) is 9.37. The predicted molar refractivity (Wildman–Crippen MR) is 102 cm³/mol. The van der Waals surface area contributed by atoms with Gasteiger partial charge >= 0.3 is 13.3 Å². The zero-order valence-corrected chi connectivity index (χ0v) is 16.4. The Hall–Kier alpha value is -1.96. The molecule has 2 aromatic rings. The average Bonchev–Trinajstić information content (AvgIpc) is 2.59. The third-order valence-corrected chi connectivity index (χ3v) is 5.89. The van der Waals surface area contributed by atoms with Gasteiger partial charge in [-0.15, -0.1) is 0 Å². The molecule has 0 aliphatic heterocycles. The molecule has 2 rings (SSSR count). The van der Waals surface area contributed by atoms with Crippen LogP contribution in [0.5, 0.6) is 5.75 Å². The van der Waals surface area contributed by atoms with Gasteiger partial charge in [-0.3, -0.25) is 4.57 Å². The molecular weight excluding hydrogens is 398 g/mol. The van der Waals surface area contributed by atoms with Crippen LogP contribution >= 0.6 is 30.6 Å². The van der Waals surface area contributed by atoms with Crippen LogP contribution in [0.3, 0.4) is 0 Å². The summed E-state index contributed by atoms with van der Waals surface area (Å²) in [6.45, 7) is 1.91. The van der Waals surface area contributed by atoms with Crippen LogP contribution in [0.15, 0.2) is 36.4 Å². The second kappa shape index (κ2) is 8.62. The Morgan fingerprint density at radius 2 is 1.88 bits per heavy atom. The van der Waals surface area contributed by atoms with Crippen molar-refractivity contribution in [1.29, 1.82) is 0 Å². The van der Waals surface area contributed by atoms with Gasteiger partial charge in [0.15, 0.2) is 0 Å². The second-order valence-corrected chi connectivity index (χ2v) is 7.94. The van der Waals surface area contributed by atoms with Gasteiger partial charge in [-0.1, -0.05) is 35.2 Å². The molecular formula is C18H15Cl2O5P. The Morgan fingerprint density at radius 3 is 2.42 bits per heavy atom. The van der Waals surface area contributed by atoms with Crippen molar-refractivity contribution in [3.63, 3.8) is 0 Å². The molecule has 0 aromatic heterocycles. The number of hydrogen-bond donors (Lipinski definition) is 1. The maximum atomic E-state index is 13.2. The summed E-state index contributed by atoms with van der Waals surface area (Å²) in [6.07, 6.45) is 0. The fourth-order valence-electron chi connectivity index (χ4n) is 2.13. The second-order valence-electron chi connectivity index (χ2n) is 5.03. The molecule has 1 N–H and O–H groups in total. The Bertz CT molecular complexity index is 923. The number of hydrogen-bond acceptors (Lipinski definition) is 4. The largest absolute Gasteiger partial charge is 0.497 e. The molecule has 26 heavy (non-hydrogen) atoms. The highest BCUT2D eigenvalue weighted by molar-refractivity contribution is 7.71. The highest BCUT2D eigenvalue weighted by Gasteiger charge is 2.23. The van der Waals surface area contributed by atoms with E-state index in [1.54, 1.807) is 31.2 Å². The first-order valence-corrected chi connectivity index (χ1v) is 9.83. The number of carbonyl (C=O) groups is 1. The van der Waals surface area contributed by atoms with E-state index in [-0.39, 0.29) is 22.2 Å².